The van der Waals surface area contributed by atoms with Gasteiger partial charge in [-0.25, -0.2) is 0 Å². The molecule has 0 aliphatic carbocycles. The van der Waals surface area contributed by atoms with Gasteiger partial charge in [0.1, 0.15) is 0 Å². The van der Waals surface area contributed by atoms with Crippen LogP contribution >= 0.6 is 0 Å². The maximum absolute atomic E-state index is 9.94. The van der Waals surface area contributed by atoms with Crippen molar-refractivity contribution in [3.63, 3.8) is 0 Å². The molecule has 0 aromatic heterocycles. The Bertz CT molecular complexity index is 172. The van der Waals surface area contributed by atoms with E-state index in [0.29, 0.717) is 6.54 Å². The average molecular weight is 212 g/mol. The van der Waals surface area contributed by atoms with Gasteiger partial charge in [0.25, 0.3) is 0 Å². The molecule has 3 nitrogen and oxygen atoms in total. The second-order valence-corrected chi connectivity index (χ2v) is 3.69. The van der Waals surface area contributed by atoms with Crippen molar-refractivity contribution in [2.75, 3.05) is 19.6 Å². The Labute approximate surface area is 93.3 Å². The topological polar surface area (TPSA) is 49.5 Å². The van der Waals surface area contributed by atoms with Crippen molar-refractivity contribution in [1.29, 1.82) is 0 Å². The SMILES string of the molecule is C=CCN(CC=C)[C@H](CN)[C@@H](O)CCC. The van der Waals surface area contributed by atoms with E-state index in [-0.39, 0.29) is 12.1 Å². The van der Waals surface area contributed by atoms with Crippen molar-refractivity contribution in [2.45, 2.75) is 31.9 Å². The lowest BCUT2D eigenvalue weighted by molar-refractivity contribution is 0.0590. The summed E-state index contributed by atoms with van der Waals surface area (Å²) in [4.78, 5) is 2.10. The molecule has 0 saturated carbocycles. The highest BCUT2D eigenvalue weighted by atomic mass is 16.3. The smallest absolute Gasteiger partial charge is 0.0707 e. The highest BCUT2D eigenvalue weighted by Crippen LogP contribution is 2.09. The Kier molecular flexibility index (Phi) is 8.28. The molecule has 0 bridgehead atoms. The fourth-order valence-electron chi connectivity index (χ4n) is 1.71. The summed E-state index contributed by atoms with van der Waals surface area (Å²) in [7, 11) is 0. The molecule has 0 spiro atoms. The third-order valence-electron chi connectivity index (χ3n) is 2.47. The first-order valence-corrected chi connectivity index (χ1v) is 5.55. The standard InChI is InChI=1S/C12H24N2O/c1-4-7-12(15)11(10-13)14(8-5-2)9-6-3/h5-6,11-12,15H,2-4,7-10,13H2,1H3/t11-,12+/m1/s1. The molecule has 0 radical (unpaired) electrons. The van der Waals surface area contributed by atoms with Crippen LogP contribution in [0.2, 0.25) is 0 Å². The summed E-state index contributed by atoms with van der Waals surface area (Å²) in [5, 5.41) is 9.94. The molecule has 2 atom stereocenters. The lowest BCUT2D eigenvalue weighted by Crippen LogP contribution is -2.48. The van der Waals surface area contributed by atoms with Crippen molar-refractivity contribution in [1.82, 2.24) is 4.90 Å². The summed E-state index contributed by atoms with van der Waals surface area (Å²) >= 11 is 0. The maximum atomic E-state index is 9.94. The molecular weight excluding hydrogens is 188 g/mol. The molecule has 0 aromatic rings. The minimum atomic E-state index is -0.361. The van der Waals surface area contributed by atoms with Crippen LogP contribution in [0.25, 0.3) is 0 Å². The van der Waals surface area contributed by atoms with E-state index in [1.807, 2.05) is 12.2 Å². The van der Waals surface area contributed by atoms with Gasteiger partial charge in [-0.1, -0.05) is 25.5 Å². The van der Waals surface area contributed by atoms with E-state index in [1.165, 1.54) is 0 Å². The highest BCUT2D eigenvalue weighted by Gasteiger charge is 2.22. The largest absolute Gasteiger partial charge is 0.391 e. The molecule has 3 N–H and O–H groups in total. The Morgan fingerprint density at radius 2 is 1.87 bits per heavy atom. The summed E-state index contributed by atoms with van der Waals surface area (Å²) in [6.45, 7) is 11.4. The van der Waals surface area contributed by atoms with Crippen LogP contribution in [0.1, 0.15) is 19.8 Å². The van der Waals surface area contributed by atoms with Crippen molar-refractivity contribution >= 4 is 0 Å². The molecule has 3 heteroatoms. The zero-order valence-corrected chi connectivity index (χ0v) is 9.73. The molecule has 0 unspecified atom stereocenters. The van der Waals surface area contributed by atoms with Crippen LogP contribution in [0.15, 0.2) is 25.3 Å². The van der Waals surface area contributed by atoms with Crippen LogP contribution in [-0.2, 0) is 0 Å². The van der Waals surface area contributed by atoms with Gasteiger partial charge in [-0.05, 0) is 6.42 Å². The monoisotopic (exact) mass is 212 g/mol. The van der Waals surface area contributed by atoms with E-state index in [1.54, 1.807) is 0 Å². The average Bonchev–Trinajstić information content (AvgIpc) is 2.20. The lowest BCUT2D eigenvalue weighted by atomic mass is 10.0. The molecule has 0 saturated heterocycles. The van der Waals surface area contributed by atoms with E-state index < -0.39 is 0 Å². The second-order valence-electron chi connectivity index (χ2n) is 3.69. The summed E-state index contributed by atoms with van der Waals surface area (Å²) in [6, 6.07) is 0.000880. The Balaban J connectivity index is 4.40. The van der Waals surface area contributed by atoms with Gasteiger partial charge in [0.2, 0.25) is 0 Å². The van der Waals surface area contributed by atoms with Crippen LogP contribution in [-0.4, -0.2) is 41.8 Å². The first kappa shape index (κ1) is 14.4. The van der Waals surface area contributed by atoms with E-state index in [9.17, 15) is 5.11 Å². The molecule has 15 heavy (non-hydrogen) atoms. The number of hydrogen-bond acceptors (Lipinski definition) is 3. The minimum Gasteiger partial charge on any atom is -0.391 e. The van der Waals surface area contributed by atoms with E-state index >= 15 is 0 Å². The molecular formula is C12H24N2O. The van der Waals surface area contributed by atoms with Gasteiger partial charge in [-0.2, -0.15) is 0 Å². The molecule has 0 amide bonds. The Morgan fingerprint density at radius 3 is 2.20 bits per heavy atom. The van der Waals surface area contributed by atoms with Gasteiger partial charge in [0.05, 0.1) is 6.10 Å². The molecule has 88 valence electrons. The first-order valence-electron chi connectivity index (χ1n) is 5.55. The normalized spacial score (nSPS) is 14.9. The summed E-state index contributed by atoms with van der Waals surface area (Å²) < 4.78 is 0. The van der Waals surface area contributed by atoms with E-state index in [0.717, 1.165) is 25.9 Å². The van der Waals surface area contributed by atoms with Gasteiger partial charge >= 0.3 is 0 Å². The predicted molar refractivity (Wildman–Crippen MR) is 65.7 cm³/mol. The number of nitrogens with two attached hydrogens (primary N) is 1. The number of aliphatic hydroxyl groups excluding tert-OH is 1. The number of aliphatic hydroxyl groups is 1. The van der Waals surface area contributed by atoms with Gasteiger partial charge < -0.3 is 10.8 Å². The number of rotatable bonds is 9. The molecule has 0 aliphatic rings. The fraction of sp³-hybridized carbons (Fsp3) is 0.667. The zero-order chi connectivity index (χ0) is 11.7. The number of nitrogens with zero attached hydrogens (tertiary/aromatic N) is 1. The van der Waals surface area contributed by atoms with Crippen LogP contribution < -0.4 is 5.73 Å². The van der Waals surface area contributed by atoms with Gasteiger partial charge in [0, 0.05) is 25.7 Å². The molecule has 0 aromatic carbocycles. The maximum Gasteiger partial charge on any atom is 0.0707 e. The quantitative estimate of drug-likeness (QED) is 0.564. The fourth-order valence-corrected chi connectivity index (χ4v) is 1.71. The summed E-state index contributed by atoms with van der Waals surface area (Å²) in [6.07, 6.45) is 5.04. The zero-order valence-electron chi connectivity index (χ0n) is 9.73. The summed E-state index contributed by atoms with van der Waals surface area (Å²) in [5.41, 5.74) is 5.70. The predicted octanol–water partition coefficient (Wildman–Crippen LogP) is 1.15. The first-order chi connectivity index (χ1) is 7.21. The van der Waals surface area contributed by atoms with Gasteiger partial charge in [-0.15, -0.1) is 13.2 Å². The number of hydrogen-bond donors (Lipinski definition) is 2. The van der Waals surface area contributed by atoms with Crippen molar-refractivity contribution in [3.8, 4) is 0 Å². The lowest BCUT2D eigenvalue weighted by Gasteiger charge is -2.32. The van der Waals surface area contributed by atoms with E-state index in [4.69, 9.17) is 5.73 Å². The van der Waals surface area contributed by atoms with Crippen LogP contribution in [0.3, 0.4) is 0 Å². The third kappa shape index (κ3) is 5.11. The minimum absolute atomic E-state index is 0.000880. The molecule has 0 fully saturated rings. The van der Waals surface area contributed by atoms with Gasteiger partial charge in [0.15, 0.2) is 0 Å². The Hall–Kier alpha value is -0.640. The van der Waals surface area contributed by atoms with Crippen molar-refractivity contribution in [2.24, 2.45) is 5.73 Å². The Morgan fingerprint density at radius 1 is 1.33 bits per heavy atom. The highest BCUT2D eigenvalue weighted by molar-refractivity contribution is 4.88. The van der Waals surface area contributed by atoms with Gasteiger partial charge in [-0.3, -0.25) is 4.90 Å². The molecule has 0 rings (SSSR count). The third-order valence-corrected chi connectivity index (χ3v) is 2.47. The molecule has 0 heterocycles. The van der Waals surface area contributed by atoms with Crippen molar-refractivity contribution < 1.29 is 5.11 Å². The van der Waals surface area contributed by atoms with Crippen LogP contribution in [0.5, 0.6) is 0 Å². The van der Waals surface area contributed by atoms with Crippen molar-refractivity contribution in [3.05, 3.63) is 25.3 Å². The van der Waals surface area contributed by atoms with Crippen LogP contribution in [0.4, 0.5) is 0 Å². The summed E-state index contributed by atoms with van der Waals surface area (Å²) in [5.74, 6) is 0. The van der Waals surface area contributed by atoms with Crippen LogP contribution in [0, 0.1) is 0 Å². The van der Waals surface area contributed by atoms with E-state index in [2.05, 4.69) is 25.0 Å². The molecule has 0 aliphatic heterocycles. The second kappa shape index (κ2) is 8.65.